The molecule has 2 heterocycles. The summed E-state index contributed by atoms with van der Waals surface area (Å²) in [6.07, 6.45) is 5.48. The molecule has 8 nitrogen and oxygen atoms in total. The molecule has 0 saturated carbocycles. The van der Waals surface area contributed by atoms with Gasteiger partial charge in [0.05, 0.1) is 31.6 Å². The second kappa shape index (κ2) is 8.12. The van der Waals surface area contributed by atoms with Gasteiger partial charge in [0.1, 0.15) is 0 Å². The maximum absolute atomic E-state index is 13.1. The van der Waals surface area contributed by atoms with Crippen molar-refractivity contribution in [1.29, 1.82) is 0 Å². The monoisotopic (exact) mass is 444 g/mol. The van der Waals surface area contributed by atoms with Crippen LogP contribution in [0.25, 0.3) is 0 Å². The summed E-state index contributed by atoms with van der Waals surface area (Å²) in [5.74, 6) is 1.08. The van der Waals surface area contributed by atoms with Gasteiger partial charge < -0.3 is 9.47 Å². The van der Waals surface area contributed by atoms with Crippen LogP contribution in [0.1, 0.15) is 41.0 Å². The second-order valence-corrected chi connectivity index (χ2v) is 12.0. The molecule has 3 rings (SSSR count). The number of fused-ring (bicyclic) bond motifs is 1. The summed E-state index contributed by atoms with van der Waals surface area (Å²) in [7, 11) is -1.93. The fraction of sp³-hybridized carbons (Fsp3) is 0.632. The Hall–Kier alpha value is -1.25. The van der Waals surface area contributed by atoms with Crippen LogP contribution in [0.4, 0.5) is 4.79 Å². The third-order valence-corrected chi connectivity index (χ3v) is 8.15. The smallest absolute Gasteiger partial charge is 0.425 e. The summed E-state index contributed by atoms with van der Waals surface area (Å²) < 4.78 is 38.2. The maximum Gasteiger partial charge on any atom is 0.425 e. The molecular weight excluding hydrogens is 415 g/mol. The molecule has 1 aliphatic carbocycles. The summed E-state index contributed by atoms with van der Waals surface area (Å²) >= 11 is 0.958. The van der Waals surface area contributed by atoms with Gasteiger partial charge in [0.2, 0.25) is 0 Å². The van der Waals surface area contributed by atoms with E-state index in [0.29, 0.717) is 31.3 Å². The Morgan fingerprint density at radius 1 is 1.28 bits per heavy atom. The Labute approximate surface area is 176 Å². The normalized spacial score (nSPS) is 24.0. The highest BCUT2D eigenvalue weighted by Gasteiger charge is 2.44. The highest BCUT2D eigenvalue weighted by molar-refractivity contribution is 7.99. The van der Waals surface area contributed by atoms with E-state index >= 15 is 0 Å². The van der Waals surface area contributed by atoms with E-state index in [2.05, 4.69) is 0 Å². The predicted molar refractivity (Wildman–Crippen MR) is 111 cm³/mol. The van der Waals surface area contributed by atoms with Crippen LogP contribution in [-0.2, 0) is 23.1 Å². The molecule has 0 bridgehead atoms. The summed E-state index contributed by atoms with van der Waals surface area (Å²) in [6.45, 7) is 10.8. The van der Waals surface area contributed by atoms with Crippen LogP contribution in [0.3, 0.4) is 0 Å². The van der Waals surface area contributed by atoms with Gasteiger partial charge in [0.25, 0.3) is 0 Å². The van der Waals surface area contributed by atoms with Gasteiger partial charge in [-0.3, -0.25) is 9.05 Å². The first kappa shape index (κ1) is 22.4. The standard InChI is InChI=1S/C19H29N2O6PS/c1-7-21(28(23)25-12-18(2,3)13-26-28)29-20(6)17(22)27-16-15-14(9-8-10-24-15)11-19(16,4)5/h8-10H,7,11-13H2,1-6H3. The lowest BCUT2D eigenvalue weighted by atomic mass is 9.90. The molecule has 0 aromatic heterocycles. The summed E-state index contributed by atoms with van der Waals surface area (Å²) in [6, 6.07) is 0. The molecule has 29 heavy (non-hydrogen) atoms. The van der Waals surface area contributed by atoms with Crippen LogP contribution in [0.2, 0.25) is 0 Å². The van der Waals surface area contributed by atoms with Crippen molar-refractivity contribution in [2.24, 2.45) is 10.8 Å². The van der Waals surface area contributed by atoms with Crippen LogP contribution >= 0.6 is 19.9 Å². The molecule has 0 aromatic carbocycles. The van der Waals surface area contributed by atoms with Crippen molar-refractivity contribution >= 4 is 26.0 Å². The number of amides is 1. The molecule has 0 unspecified atom stereocenters. The molecule has 10 heteroatoms. The number of carbonyl (C=O) groups is 1. The topological polar surface area (TPSA) is 77.5 Å². The third kappa shape index (κ3) is 4.75. The summed E-state index contributed by atoms with van der Waals surface area (Å²) in [5, 5.41) is 0. The highest BCUT2D eigenvalue weighted by atomic mass is 32.2. The van der Waals surface area contributed by atoms with Gasteiger partial charge in [-0.05, 0) is 18.1 Å². The zero-order valence-electron chi connectivity index (χ0n) is 17.8. The largest absolute Gasteiger partial charge is 0.461 e. The summed E-state index contributed by atoms with van der Waals surface area (Å²) in [4.78, 5) is 12.8. The molecule has 0 radical (unpaired) electrons. The average Bonchev–Trinajstić information content (AvgIpc) is 2.92. The number of hydrogen-bond acceptors (Lipinski definition) is 7. The van der Waals surface area contributed by atoms with Crippen molar-refractivity contribution in [2.45, 2.75) is 41.0 Å². The summed E-state index contributed by atoms with van der Waals surface area (Å²) in [5.41, 5.74) is 0.429. The number of rotatable bonds is 5. The SMILES string of the molecule is CCN(SN(C)C(=O)OC1=C2OC=CC=C2CC1(C)C)P1(=O)OCC(C)(C)CO1. The van der Waals surface area contributed by atoms with Crippen LogP contribution in [-0.4, -0.2) is 41.3 Å². The van der Waals surface area contributed by atoms with Crippen molar-refractivity contribution in [2.75, 3.05) is 26.8 Å². The maximum atomic E-state index is 13.1. The molecule has 1 amide bonds. The highest BCUT2D eigenvalue weighted by Crippen LogP contribution is 2.59. The minimum atomic E-state index is -3.49. The predicted octanol–water partition coefficient (Wildman–Crippen LogP) is 5.23. The lowest BCUT2D eigenvalue weighted by Gasteiger charge is -2.38. The van der Waals surface area contributed by atoms with Crippen LogP contribution in [0.15, 0.2) is 35.5 Å². The van der Waals surface area contributed by atoms with Gasteiger partial charge in [-0.25, -0.2) is 13.7 Å². The van der Waals surface area contributed by atoms with Gasteiger partial charge in [-0.1, -0.05) is 40.7 Å². The zero-order chi connectivity index (χ0) is 21.4. The zero-order valence-corrected chi connectivity index (χ0v) is 19.5. The number of nitrogens with zero attached hydrogens (tertiary/aromatic N) is 2. The first-order chi connectivity index (χ1) is 13.5. The lowest BCUT2D eigenvalue weighted by molar-refractivity contribution is 0.0301. The van der Waals surface area contributed by atoms with E-state index in [9.17, 15) is 9.36 Å². The van der Waals surface area contributed by atoms with E-state index in [1.54, 1.807) is 13.3 Å². The van der Waals surface area contributed by atoms with Gasteiger partial charge in [0, 0.05) is 24.4 Å². The molecule has 1 saturated heterocycles. The molecular formula is C19H29N2O6PS. The van der Waals surface area contributed by atoms with E-state index in [4.69, 9.17) is 18.5 Å². The van der Waals surface area contributed by atoms with Crippen molar-refractivity contribution in [3.8, 4) is 0 Å². The van der Waals surface area contributed by atoms with Crippen molar-refractivity contribution in [1.82, 2.24) is 8.38 Å². The Balaban J connectivity index is 1.68. The van der Waals surface area contributed by atoms with Gasteiger partial charge >= 0.3 is 13.8 Å². The molecule has 0 spiro atoms. The van der Waals surface area contributed by atoms with Crippen molar-refractivity contribution < 1.29 is 27.9 Å². The molecule has 0 aromatic rings. The Kier molecular flexibility index (Phi) is 6.28. The molecule has 0 N–H and O–H groups in total. The molecule has 2 aliphatic heterocycles. The fourth-order valence-corrected chi connectivity index (χ4v) is 6.30. The van der Waals surface area contributed by atoms with Crippen LogP contribution < -0.4 is 0 Å². The Bertz CT molecular complexity index is 806. The molecule has 162 valence electrons. The number of ether oxygens (including phenoxy) is 2. The quantitative estimate of drug-likeness (QED) is 0.421. The van der Waals surface area contributed by atoms with E-state index in [-0.39, 0.29) is 10.8 Å². The molecule has 0 atom stereocenters. The fourth-order valence-electron chi connectivity index (χ4n) is 3.12. The number of hydrogen-bond donors (Lipinski definition) is 0. The van der Waals surface area contributed by atoms with E-state index in [1.165, 1.54) is 8.38 Å². The van der Waals surface area contributed by atoms with E-state index in [0.717, 1.165) is 24.1 Å². The third-order valence-electron chi connectivity index (χ3n) is 4.75. The van der Waals surface area contributed by atoms with Gasteiger partial charge in [-0.15, -0.1) is 4.08 Å². The van der Waals surface area contributed by atoms with Crippen molar-refractivity contribution in [3.05, 3.63) is 35.5 Å². The Morgan fingerprint density at radius 3 is 2.55 bits per heavy atom. The van der Waals surface area contributed by atoms with Gasteiger partial charge in [0.15, 0.2) is 11.5 Å². The van der Waals surface area contributed by atoms with E-state index < -0.39 is 13.8 Å². The van der Waals surface area contributed by atoms with Crippen LogP contribution in [0, 0.1) is 10.8 Å². The van der Waals surface area contributed by atoms with E-state index in [1.807, 2.05) is 46.8 Å². The Morgan fingerprint density at radius 2 is 1.93 bits per heavy atom. The lowest BCUT2D eigenvalue weighted by Crippen LogP contribution is -2.35. The molecule has 3 aliphatic rings. The number of carbonyl (C=O) groups excluding carboxylic acids is 1. The van der Waals surface area contributed by atoms with Crippen LogP contribution in [0.5, 0.6) is 0 Å². The first-order valence-electron chi connectivity index (χ1n) is 9.56. The second-order valence-electron chi connectivity index (χ2n) is 8.65. The first-order valence-corrected chi connectivity index (χ1v) is 11.8. The van der Waals surface area contributed by atoms with Crippen molar-refractivity contribution in [3.63, 3.8) is 0 Å². The minimum Gasteiger partial charge on any atom is -0.461 e. The molecule has 1 fully saturated rings. The number of allylic oxidation sites excluding steroid dienone is 4. The van der Waals surface area contributed by atoms with Gasteiger partial charge in [-0.2, -0.15) is 0 Å². The minimum absolute atomic E-state index is 0.204. The average molecular weight is 444 g/mol.